The summed E-state index contributed by atoms with van der Waals surface area (Å²) in [6.07, 6.45) is 3.82. The number of halogens is 3. The molecule has 5 rings (SSSR count). The molecule has 1 aliphatic carbocycles. The fraction of sp³-hybridized carbons (Fsp3) is 0.304. The van der Waals surface area contributed by atoms with Gasteiger partial charge in [0.1, 0.15) is 29.0 Å². The van der Waals surface area contributed by atoms with E-state index in [9.17, 15) is 4.39 Å². The van der Waals surface area contributed by atoms with Crippen molar-refractivity contribution >= 4 is 33.9 Å². The highest BCUT2D eigenvalue weighted by Gasteiger charge is 2.40. The van der Waals surface area contributed by atoms with Crippen LogP contribution in [0.5, 0.6) is 0 Å². The van der Waals surface area contributed by atoms with E-state index in [2.05, 4.69) is 5.32 Å². The Bertz CT molecular complexity index is 1290. The van der Waals surface area contributed by atoms with Crippen LogP contribution in [0, 0.1) is 28.3 Å². The molecule has 1 aromatic heterocycles. The molecule has 0 spiro atoms. The van der Waals surface area contributed by atoms with Gasteiger partial charge in [0.15, 0.2) is 5.82 Å². The summed E-state index contributed by atoms with van der Waals surface area (Å²) in [7, 11) is 0. The van der Waals surface area contributed by atoms with Gasteiger partial charge in [0.25, 0.3) is 0 Å². The lowest BCUT2D eigenvalue weighted by Gasteiger charge is -2.42. The minimum atomic E-state index is -0.930. The Kier molecular flexibility index (Phi) is 4.03. The van der Waals surface area contributed by atoms with Crippen LogP contribution in [0.25, 0.3) is 22.0 Å². The van der Waals surface area contributed by atoms with Crippen molar-refractivity contribution in [1.29, 1.82) is 10.8 Å². The largest absolute Gasteiger partial charge is 0.371 e. The third-order valence-corrected chi connectivity index (χ3v) is 6.03. The van der Waals surface area contributed by atoms with Crippen molar-refractivity contribution in [2.75, 3.05) is 10.2 Å². The van der Waals surface area contributed by atoms with Gasteiger partial charge in [-0.25, -0.2) is 13.2 Å². The Morgan fingerprint density at radius 2 is 1.87 bits per heavy atom. The zero-order chi connectivity index (χ0) is 22.2. The van der Waals surface area contributed by atoms with E-state index in [0.29, 0.717) is 10.9 Å². The van der Waals surface area contributed by atoms with Crippen LogP contribution in [-0.4, -0.2) is 21.8 Å². The molecule has 0 radical (unpaired) electrons. The molecule has 160 valence electrons. The van der Waals surface area contributed by atoms with Gasteiger partial charge in [0.2, 0.25) is 0 Å². The lowest BCUT2D eigenvalue weighted by molar-refractivity contribution is 0.587. The summed E-state index contributed by atoms with van der Waals surface area (Å²) < 4.78 is 47.7. The number of anilines is 2. The van der Waals surface area contributed by atoms with Crippen LogP contribution < -0.4 is 10.2 Å². The van der Waals surface area contributed by atoms with Crippen LogP contribution in [0.3, 0.4) is 0 Å². The number of nitrogens with one attached hydrogen (secondary N) is 3. The topological polar surface area (TPSA) is 67.9 Å². The summed E-state index contributed by atoms with van der Waals surface area (Å²) in [5.41, 5.74) is -0.532. The number of hydrogen-bond donors (Lipinski definition) is 3. The van der Waals surface area contributed by atoms with E-state index >= 15 is 8.78 Å². The molecular formula is C23H22F3N5. The highest BCUT2D eigenvalue weighted by atomic mass is 19.1. The van der Waals surface area contributed by atoms with E-state index in [1.165, 1.54) is 13.0 Å². The maximum Gasteiger partial charge on any atom is 0.160 e. The van der Waals surface area contributed by atoms with E-state index in [-0.39, 0.29) is 40.2 Å². The molecule has 1 aliphatic heterocycles. The molecule has 2 aromatic carbocycles. The molecule has 2 heterocycles. The predicted molar refractivity (Wildman–Crippen MR) is 117 cm³/mol. The van der Waals surface area contributed by atoms with Crippen molar-refractivity contribution in [3.8, 4) is 11.1 Å². The van der Waals surface area contributed by atoms with Crippen molar-refractivity contribution in [3.05, 3.63) is 47.9 Å². The molecule has 0 atom stereocenters. The normalized spacial score (nSPS) is 17.6. The van der Waals surface area contributed by atoms with Crippen LogP contribution in [-0.2, 0) is 0 Å². The summed E-state index contributed by atoms with van der Waals surface area (Å²) in [5, 5.41) is 20.1. The summed E-state index contributed by atoms with van der Waals surface area (Å²) in [6, 6.07) is 5.73. The van der Waals surface area contributed by atoms with Gasteiger partial charge in [-0.1, -0.05) is 0 Å². The molecule has 2 aliphatic rings. The smallest absolute Gasteiger partial charge is 0.160 e. The molecule has 5 nitrogen and oxygen atoms in total. The fourth-order valence-electron chi connectivity index (χ4n) is 4.40. The number of amidine groups is 2. The van der Waals surface area contributed by atoms with Gasteiger partial charge in [-0.15, -0.1) is 0 Å². The van der Waals surface area contributed by atoms with Crippen molar-refractivity contribution in [2.45, 2.75) is 45.2 Å². The Morgan fingerprint density at radius 1 is 1.16 bits per heavy atom. The van der Waals surface area contributed by atoms with Gasteiger partial charge >= 0.3 is 0 Å². The Balaban J connectivity index is 1.80. The number of hydrogen-bond acceptors (Lipinski definition) is 3. The summed E-state index contributed by atoms with van der Waals surface area (Å²) >= 11 is 0. The predicted octanol–water partition coefficient (Wildman–Crippen LogP) is 6.05. The number of nitrogens with zero attached hydrogens (tertiary/aromatic N) is 2. The molecule has 3 aromatic rings. The fourth-order valence-corrected chi connectivity index (χ4v) is 4.40. The van der Waals surface area contributed by atoms with Gasteiger partial charge < -0.3 is 9.88 Å². The lowest BCUT2D eigenvalue weighted by Crippen LogP contribution is -2.55. The standard InChI is InChI=1S/C23H22F3N5/c1-11(27)31-21-17(29-23(2,3)22(31)28)10-16(25)19(20(21)26)15-8-12(24)9-18-14(15)6-7-30(18)13-4-5-13/h6-10,13,27-29H,4-5H2,1-3H3. The Morgan fingerprint density at radius 3 is 2.52 bits per heavy atom. The van der Waals surface area contributed by atoms with Gasteiger partial charge in [-0.05, 0) is 57.4 Å². The van der Waals surface area contributed by atoms with Crippen LogP contribution in [0.1, 0.15) is 39.7 Å². The lowest BCUT2D eigenvalue weighted by atomic mass is 9.93. The van der Waals surface area contributed by atoms with E-state index in [1.807, 2.05) is 10.8 Å². The van der Waals surface area contributed by atoms with Crippen molar-refractivity contribution in [2.24, 2.45) is 0 Å². The Labute approximate surface area is 177 Å². The molecule has 31 heavy (non-hydrogen) atoms. The zero-order valence-electron chi connectivity index (χ0n) is 17.4. The molecule has 0 bridgehead atoms. The van der Waals surface area contributed by atoms with Crippen LogP contribution in [0.4, 0.5) is 24.5 Å². The second-order valence-electron chi connectivity index (χ2n) is 8.80. The minimum absolute atomic E-state index is 0.0340. The first-order chi connectivity index (χ1) is 14.6. The zero-order valence-corrected chi connectivity index (χ0v) is 17.4. The maximum atomic E-state index is 15.9. The highest BCUT2D eigenvalue weighted by Crippen LogP contribution is 2.46. The SMILES string of the molecule is CC(=N)N1C(=N)C(C)(C)Nc2cc(F)c(-c3cc(F)cc4c3ccn4C3CC3)c(F)c21. The number of benzene rings is 2. The second-order valence-corrected chi connectivity index (χ2v) is 8.80. The quantitative estimate of drug-likeness (QED) is 0.346. The first-order valence-corrected chi connectivity index (χ1v) is 10.1. The second kappa shape index (κ2) is 6.35. The van der Waals surface area contributed by atoms with Crippen LogP contribution >= 0.6 is 0 Å². The maximum absolute atomic E-state index is 15.9. The monoisotopic (exact) mass is 425 g/mol. The average Bonchev–Trinajstić information content (AvgIpc) is 3.42. The van der Waals surface area contributed by atoms with E-state index in [0.717, 1.165) is 29.9 Å². The van der Waals surface area contributed by atoms with Crippen molar-refractivity contribution < 1.29 is 13.2 Å². The van der Waals surface area contributed by atoms with Gasteiger partial charge in [-0.2, -0.15) is 0 Å². The number of aromatic nitrogens is 1. The van der Waals surface area contributed by atoms with Crippen LogP contribution in [0.2, 0.25) is 0 Å². The van der Waals surface area contributed by atoms with E-state index in [4.69, 9.17) is 10.8 Å². The molecule has 0 amide bonds. The third kappa shape index (κ3) is 2.85. The molecule has 0 unspecified atom stereocenters. The number of fused-ring (bicyclic) bond motifs is 2. The summed E-state index contributed by atoms with van der Waals surface area (Å²) in [6.45, 7) is 4.85. The molecule has 0 saturated heterocycles. The average molecular weight is 425 g/mol. The first kappa shape index (κ1) is 19.7. The number of rotatable bonds is 2. The molecule has 8 heteroatoms. The molecule has 1 fully saturated rings. The molecule has 1 saturated carbocycles. The molecule has 3 N–H and O–H groups in total. The van der Waals surface area contributed by atoms with Gasteiger partial charge in [-0.3, -0.25) is 15.7 Å². The summed E-state index contributed by atoms with van der Waals surface area (Å²) in [5.74, 6) is -2.44. The molecular weight excluding hydrogens is 403 g/mol. The highest BCUT2D eigenvalue weighted by molar-refractivity contribution is 6.24. The Hall–Kier alpha value is -3.29. The van der Waals surface area contributed by atoms with Crippen molar-refractivity contribution in [1.82, 2.24) is 4.57 Å². The van der Waals surface area contributed by atoms with E-state index in [1.54, 1.807) is 19.9 Å². The minimum Gasteiger partial charge on any atom is -0.371 e. The van der Waals surface area contributed by atoms with Crippen molar-refractivity contribution in [3.63, 3.8) is 0 Å². The summed E-state index contributed by atoms with van der Waals surface area (Å²) in [4.78, 5) is 1.16. The first-order valence-electron chi connectivity index (χ1n) is 10.1. The van der Waals surface area contributed by atoms with Gasteiger partial charge in [0.05, 0.1) is 22.3 Å². The third-order valence-electron chi connectivity index (χ3n) is 6.03. The van der Waals surface area contributed by atoms with Gasteiger partial charge in [0, 0.05) is 23.7 Å². The van der Waals surface area contributed by atoms with E-state index < -0.39 is 23.0 Å². The van der Waals surface area contributed by atoms with Crippen LogP contribution in [0.15, 0.2) is 30.5 Å².